The highest BCUT2D eigenvalue weighted by molar-refractivity contribution is 5.98. The van der Waals surface area contributed by atoms with Crippen LogP contribution in [0, 0.1) is 17.5 Å². The summed E-state index contributed by atoms with van der Waals surface area (Å²) in [6.07, 6.45) is -5.59. The number of halogens is 6. The molecule has 2 N–H and O–H groups in total. The summed E-state index contributed by atoms with van der Waals surface area (Å²) in [5.74, 6) is -8.68. The first-order valence-corrected chi connectivity index (χ1v) is 7.45. The summed E-state index contributed by atoms with van der Waals surface area (Å²) < 4.78 is 77.4. The predicted octanol–water partition coefficient (Wildman–Crippen LogP) is 3.33. The lowest BCUT2D eigenvalue weighted by atomic mass is 10.0. The molecular weight excluding hydrogens is 378 g/mol. The molecule has 27 heavy (non-hydrogen) atoms. The lowest BCUT2D eigenvalue weighted by Gasteiger charge is -2.19. The van der Waals surface area contributed by atoms with Crippen molar-refractivity contribution in [3.05, 3.63) is 65.5 Å². The number of hydrogen-bond acceptors (Lipinski definition) is 2. The summed E-state index contributed by atoms with van der Waals surface area (Å²) in [6, 6.07) is 7.25. The standard InChI is InChI=1S/C17H12F6N2O2/c18-10-6-7-11(14(20)13(10)19)24-15(26)12(25-16(27)17(21,22)23)8-9-4-2-1-3-5-9/h1-7,12H,8H2,(H,24,26)(H,25,27)/t12-/m1/s1. The van der Waals surface area contributed by atoms with Gasteiger partial charge >= 0.3 is 12.1 Å². The summed E-state index contributed by atoms with van der Waals surface area (Å²) in [7, 11) is 0. The van der Waals surface area contributed by atoms with Crippen LogP contribution < -0.4 is 10.6 Å². The quantitative estimate of drug-likeness (QED) is 0.608. The van der Waals surface area contributed by atoms with Crippen molar-refractivity contribution >= 4 is 17.5 Å². The lowest BCUT2D eigenvalue weighted by molar-refractivity contribution is -0.174. The Kier molecular flexibility index (Phi) is 6.09. The zero-order chi connectivity index (χ0) is 20.2. The van der Waals surface area contributed by atoms with E-state index in [1.165, 1.54) is 17.4 Å². The van der Waals surface area contributed by atoms with Crippen molar-refractivity contribution in [2.45, 2.75) is 18.6 Å². The van der Waals surface area contributed by atoms with Crippen LogP contribution in [0.3, 0.4) is 0 Å². The minimum absolute atomic E-state index is 0.347. The number of benzene rings is 2. The Hall–Kier alpha value is -3.04. The van der Waals surface area contributed by atoms with Crippen molar-refractivity contribution in [3.8, 4) is 0 Å². The highest BCUT2D eigenvalue weighted by Crippen LogP contribution is 2.20. The minimum atomic E-state index is -5.25. The highest BCUT2D eigenvalue weighted by Gasteiger charge is 2.41. The second-order valence-electron chi connectivity index (χ2n) is 5.43. The average Bonchev–Trinajstić information content (AvgIpc) is 2.61. The Morgan fingerprint density at radius 3 is 2.15 bits per heavy atom. The van der Waals surface area contributed by atoms with Gasteiger partial charge in [-0.05, 0) is 17.7 Å². The molecule has 0 bridgehead atoms. The number of hydrogen-bond donors (Lipinski definition) is 2. The molecule has 2 aromatic carbocycles. The van der Waals surface area contributed by atoms with E-state index in [-0.39, 0.29) is 6.42 Å². The lowest BCUT2D eigenvalue weighted by Crippen LogP contribution is -2.49. The molecular formula is C17H12F6N2O2. The first-order valence-electron chi connectivity index (χ1n) is 7.45. The number of carbonyl (C=O) groups is 2. The number of alkyl halides is 3. The summed E-state index contributed by atoms with van der Waals surface area (Å²) in [6.45, 7) is 0. The molecule has 0 aliphatic rings. The van der Waals surface area contributed by atoms with Gasteiger partial charge in [-0.3, -0.25) is 9.59 Å². The number of rotatable bonds is 5. The largest absolute Gasteiger partial charge is 0.471 e. The second kappa shape index (κ2) is 8.11. The first-order chi connectivity index (χ1) is 12.6. The van der Waals surface area contributed by atoms with E-state index in [4.69, 9.17) is 0 Å². The number of amides is 2. The molecule has 0 fully saturated rings. The maximum Gasteiger partial charge on any atom is 0.471 e. The van der Waals surface area contributed by atoms with Gasteiger partial charge in [-0.25, -0.2) is 13.2 Å². The Labute approximate surface area is 149 Å². The molecule has 10 heteroatoms. The van der Waals surface area contributed by atoms with Crippen LogP contribution in [0.15, 0.2) is 42.5 Å². The topological polar surface area (TPSA) is 58.2 Å². The van der Waals surface area contributed by atoms with Crippen molar-refractivity contribution in [3.63, 3.8) is 0 Å². The van der Waals surface area contributed by atoms with Crippen LogP contribution in [-0.2, 0) is 16.0 Å². The van der Waals surface area contributed by atoms with Gasteiger partial charge in [-0.15, -0.1) is 0 Å². The predicted molar refractivity (Wildman–Crippen MR) is 83.1 cm³/mol. The molecule has 0 saturated carbocycles. The fourth-order valence-corrected chi connectivity index (χ4v) is 2.14. The monoisotopic (exact) mass is 390 g/mol. The van der Waals surface area contributed by atoms with Gasteiger partial charge < -0.3 is 10.6 Å². The van der Waals surface area contributed by atoms with Crippen LogP contribution in [0.25, 0.3) is 0 Å². The third-order valence-electron chi connectivity index (χ3n) is 3.45. The van der Waals surface area contributed by atoms with Crippen LogP contribution >= 0.6 is 0 Å². The Balaban J connectivity index is 2.25. The van der Waals surface area contributed by atoms with E-state index in [1.54, 1.807) is 18.2 Å². The van der Waals surface area contributed by atoms with Crippen molar-refractivity contribution in [1.29, 1.82) is 0 Å². The van der Waals surface area contributed by atoms with E-state index >= 15 is 0 Å². The SMILES string of the molecule is O=C(Nc1ccc(F)c(F)c1F)[C@@H](Cc1ccccc1)NC(=O)C(F)(F)F. The summed E-state index contributed by atoms with van der Waals surface area (Å²) in [5, 5.41) is 3.36. The molecule has 0 aromatic heterocycles. The number of anilines is 1. The Bertz CT molecular complexity index is 839. The van der Waals surface area contributed by atoms with Crippen LogP contribution in [-0.4, -0.2) is 24.0 Å². The number of carbonyl (C=O) groups excluding carboxylic acids is 2. The van der Waals surface area contributed by atoms with Crippen molar-refractivity contribution in [2.24, 2.45) is 0 Å². The third kappa shape index (κ3) is 5.22. The molecule has 0 radical (unpaired) electrons. The molecule has 0 spiro atoms. The second-order valence-corrected chi connectivity index (χ2v) is 5.43. The molecule has 0 aliphatic heterocycles. The fraction of sp³-hybridized carbons (Fsp3) is 0.176. The third-order valence-corrected chi connectivity index (χ3v) is 3.45. The van der Waals surface area contributed by atoms with Crippen molar-refractivity contribution in [2.75, 3.05) is 5.32 Å². The average molecular weight is 390 g/mol. The van der Waals surface area contributed by atoms with E-state index in [1.807, 2.05) is 5.32 Å². The van der Waals surface area contributed by atoms with E-state index < -0.39 is 47.2 Å². The van der Waals surface area contributed by atoms with Gasteiger partial charge in [-0.1, -0.05) is 30.3 Å². The zero-order valence-electron chi connectivity index (χ0n) is 13.4. The molecule has 0 aliphatic carbocycles. The molecule has 144 valence electrons. The zero-order valence-corrected chi connectivity index (χ0v) is 13.4. The van der Waals surface area contributed by atoms with Gasteiger partial charge in [0.1, 0.15) is 6.04 Å². The molecule has 2 amide bonds. The van der Waals surface area contributed by atoms with E-state index in [2.05, 4.69) is 0 Å². The molecule has 2 aromatic rings. The van der Waals surface area contributed by atoms with Crippen LogP contribution in [0.1, 0.15) is 5.56 Å². The molecule has 1 atom stereocenters. The smallest absolute Gasteiger partial charge is 0.336 e. The van der Waals surface area contributed by atoms with Gasteiger partial charge in [0.25, 0.3) is 0 Å². The van der Waals surface area contributed by atoms with Gasteiger partial charge in [0.05, 0.1) is 5.69 Å². The van der Waals surface area contributed by atoms with Crippen molar-refractivity contribution in [1.82, 2.24) is 5.32 Å². The van der Waals surface area contributed by atoms with E-state index in [0.29, 0.717) is 17.7 Å². The maximum absolute atomic E-state index is 13.7. The minimum Gasteiger partial charge on any atom is -0.336 e. The van der Waals surface area contributed by atoms with Gasteiger partial charge in [0.2, 0.25) is 5.91 Å². The highest BCUT2D eigenvalue weighted by atomic mass is 19.4. The van der Waals surface area contributed by atoms with Gasteiger partial charge in [-0.2, -0.15) is 13.2 Å². The fourth-order valence-electron chi connectivity index (χ4n) is 2.14. The van der Waals surface area contributed by atoms with Crippen LogP contribution in [0.2, 0.25) is 0 Å². The molecule has 2 rings (SSSR count). The molecule has 0 unspecified atom stereocenters. The van der Waals surface area contributed by atoms with Gasteiger partial charge in [0.15, 0.2) is 17.5 Å². The van der Waals surface area contributed by atoms with Crippen molar-refractivity contribution < 1.29 is 35.9 Å². The van der Waals surface area contributed by atoms with Crippen LogP contribution in [0.5, 0.6) is 0 Å². The maximum atomic E-state index is 13.7. The normalized spacial score (nSPS) is 12.4. The molecule has 0 heterocycles. The first kappa shape index (κ1) is 20.3. The van der Waals surface area contributed by atoms with E-state index in [0.717, 1.165) is 0 Å². The van der Waals surface area contributed by atoms with E-state index in [9.17, 15) is 35.9 Å². The summed E-state index contributed by atoms with van der Waals surface area (Å²) in [5.41, 5.74) is -0.371. The summed E-state index contributed by atoms with van der Waals surface area (Å²) in [4.78, 5) is 23.4. The van der Waals surface area contributed by atoms with Crippen LogP contribution in [0.4, 0.5) is 32.0 Å². The Morgan fingerprint density at radius 2 is 1.56 bits per heavy atom. The summed E-state index contributed by atoms with van der Waals surface area (Å²) >= 11 is 0. The Morgan fingerprint density at radius 1 is 0.926 bits per heavy atom. The molecule has 0 saturated heterocycles. The number of nitrogens with one attached hydrogen (secondary N) is 2. The van der Waals surface area contributed by atoms with Gasteiger partial charge in [0, 0.05) is 6.42 Å². The molecule has 4 nitrogen and oxygen atoms in total.